The SMILES string of the molecule is CCc1ccc(NC(=O)c2nnc(COC(=O)c3cc(C)cc(C)c3)s2)cc1. The van der Waals surface area contributed by atoms with Gasteiger partial charge in [-0.3, -0.25) is 4.79 Å². The highest BCUT2D eigenvalue weighted by molar-refractivity contribution is 7.13. The van der Waals surface area contributed by atoms with E-state index in [1.807, 2.05) is 44.2 Å². The monoisotopic (exact) mass is 395 g/mol. The molecule has 7 heteroatoms. The number of carbonyl (C=O) groups is 2. The van der Waals surface area contributed by atoms with Crippen LogP contribution in [0.3, 0.4) is 0 Å². The van der Waals surface area contributed by atoms with Gasteiger partial charge in [0, 0.05) is 5.69 Å². The van der Waals surface area contributed by atoms with E-state index < -0.39 is 5.97 Å². The molecular formula is C21H21N3O3S. The second-order valence-corrected chi connectivity index (χ2v) is 7.52. The van der Waals surface area contributed by atoms with Gasteiger partial charge in [0.2, 0.25) is 5.01 Å². The first-order chi connectivity index (χ1) is 13.4. The Morgan fingerprint density at radius 3 is 2.36 bits per heavy atom. The van der Waals surface area contributed by atoms with Crippen molar-refractivity contribution in [3.05, 3.63) is 74.7 Å². The Hall–Kier alpha value is -3.06. The molecule has 3 rings (SSSR count). The first-order valence-corrected chi connectivity index (χ1v) is 9.74. The number of hydrogen-bond acceptors (Lipinski definition) is 6. The van der Waals surface area contributed by atoms with Crippen LogP contribution in [0.5, 0.6) is 0 Å². The summed E-state index contributed by atoms with van der Waals surface area (Å²) < 4.78 is 5.30. The lowest BCUT2D eigenvalue weighted by Crippen LogP contribution is -2.11. The number of hydrogen-bond donors (Lipinski definition) is 1. The van der Waals surface area contributed by atoms with Gasteiger partial charge in [0.05, 0.1) is 5.56 Å². The van der Waals surface area contributed by atoms with Gasteiger partial charge in [0.1, 0.15) is 6.61 Å². The lowest BCUT2D eigenvalue weighted by Gasteiger charge is -2.05. The van der Waals surface area contributed by atoms with E-state index in [-0.39, 0.29) is 17.5 Å². The molecule has 0 saturated heterocycles. The maximum atomic E-state index is 12.3. The van der Waals surface area contributed by atoms with Crippen molar-refractivity contribution in [1.82, 2.24) is 10.2 Å². The number of benzene rings is 2. The molecular weight excluding hydrogens is 374 g/mol. The summed E-state index contributed by atoms with van der Waals surface area (Å²) in [7, 11) is 0. The lowest BCUT2D eigenvalue weighted by molar-refractivity contribution is 0.0471. The average Bonchev–Trinajstić information content (AvgIpc) is 3.15. The van der Waals surface area contributed by atoms with Crippen LogP contribution in [0.4, 0.5) is 5.69 Å². The number of aryl methyl sites for hydroxylation is 3. The van der Waals surface area contributed by atoms with Crippen molar-refractivity contribution < 1.29 is 14.3 Å². The predicted molar refractivity (Wildman–Crippen MR) is 109 cm³/mol. The Labute approximate surface area is 167 Å². The predicted octanol–water partition coefficient (Wildman–Crippen LogP) is 4.33. The van der Waals surface area contributed by atoms with Gasteiger partial charge in [0.15, 0.2) is 5.01 Å². The van der Waals surface area contributed by atoms with E-state index in [2.05, 4.69) is 22.4 Å². The van der Waals surface area contributed by atoms with Gasteiger partial charge in [-0.05, 0) is 50.1 Å². The molecule has 0 bridgehead atoms. The van der Waals surface area contributed by atoms with Crippen LogP contribution < -0.4 is 5.32 Å². The number of anilines is 1. The number of amides is 1. The summed E-state index contributed by atoms with van der Waals surface area (Å²) in [4.78, 5) is 24.5. The summed E-state index contributed by atoms with van der Waals surface area (Å²) >= 11 is 1.10. The third kappa shape index (κ3) is 5.01. The molecule has 0 saturated carbocycles. The number of aromatic nitrogens is 2. The summed E-state index contributed by atoms with van der Waals surface area (Å²) in [6, 6.07) is 13.2. The van der Waals surface area contributed by atoms with E-state index in [1.165, 1.54) is 5.56 Å². The van der Waals surface area contributed by atoms with Crippen LogP contribution in [0.1, 0.15) is 48.8 Å². The number of nitrogens with zero attached hydrogens (tertiary/aromatic N) is 2. The molecule has 0 radical (unpaired) electrons. The van der Waals surface area contributed by atoms with E-state index in [1.54, 1.807) is 12.1 Å². The zero-order chi connectivity index (χ0) is 20.1. The van der Waals surface area contributed by atoms with Crippen LogP contribution in [0.2, 0.25) is 0 Å². The van der Waals surface area contributed by atoms with Crippen LogP contribution in [0, 0.1) is 13.8 Å². The third-order valence-electron chi connectivity index (χ3n) is 4.07. The van der Waals surface area contributed by atoms with Crippen LogP contribution in [0.25, 0.3) is 0 Å². The van der Waals surface area contributed by atoms with E-state index in [0.717, 1.165) is 28.9 Å². The molecule has 1 N–H and O–H groups in total. The van der Waals surface area contributed by atoms with Crippen molar-refractivity contribution in [3.8, 4) is 0 Å². The molecule has 1 heterocycles. The fourth-order valence-corrected chi connectivity index (χ4v) is 3.36. The molecule has 0 aliphatic rings. The lowest BCUT2D eigenvalue weighted by atomic mass is 10.1. The van der Waals surface area contributed by atoms with E-state index in [9.17, 15) is 9.59 Å². The third-order valence-corrected chi connectivity index (χ3v) is 4.96. The molecule has 0 aliphatic heterocycles. The highest BCUT2D eigenvalue weighted by Crippen LogP contribution is 2.16. The van der Waals surface area contributed by atoms with Gasteiger partial charge < -0.3 is 10.1 Å². The number of esters is 1. The van der Waals surface area contributed by atoms with Gasteiger partial charge in [-0.2, -0.15) is 0 Å². The van der Waals surface area contributed by atoms with Crippen molar-refractivity contribution in [2.75, 3.05) is 5.32 Å². The molecule has 28 heavy (non-hydrogen) atoms. The Morgan fingerprint density at radius 2 is 1.71 bits per heavy atom. The Balaban J connectivity index is 1.58. The molecule has 0 aliphatic carbocycles. The Kier molecular flexibility index (Phi) is 6.16. The summed E-state index contributed by atoms with van der Waals surface area (Å²) in [6.07, 6.45) is 0.939. The van der Waals surface area contributed by atoms with Gasteiger partial charge in [-0.15, -0.1) is 10.2 Å². The van der Waals surface area contributed by atoms with Crippen molar-refractivity contribution in [2.45, 2.75) is 33.8 Å². The zero-order valence-corrected chi connectivity index (χ0v) is 16.8. The van der Waals surface area contributed by atoms with Crippen molar-refractivity contribution in [2.24, 2.45) is 0 Å². The van der Waals surface area contributed by atoms with E-state index in [4.69, 9.17) is 4.74 Å². The molecule has 0 atom stereocenters. The van der Waals surface area contributed by atoms with Crippen molar-refractivity contribution in [1.29, 1.82) is 0 Å². The topological polar surface area (TPSA) is 81.2 Å². The minimum atomic E-state index is -0.427. The Bertz CT molecular complexity index is 976. The summed E-state index contributed by atoms with van der Waals surface area (Å²) in [5.41, 5.74) is 4.38. The second-order valence-electron chi connectivity index (χ2n) is 6.46. The largest absolute Gasteiger partial charge is 0.455 e. The van der Waals surface area contributed by atoms with E-state index in [0.29, 0.717) is 16.3 Å². The maximum absolute atomic E-state index is 12.3. The number of ether oxygens (including phenoxy) is 1. The highest BCUT2D eigenvalue weighted by atomic mass is 32.1. The molecule has 1 amide bonds. The van der Waals surface area contributed by atoms with E-state index >= 15 is 0 Å². The molecule has 0 spiro atoms. The number of rotatable bonds is 6. The van der Waals surface area contributed by atoms with Crippen LogP contribution in [0.15, 0.2) is 42.5 Å². The Morgan fingerprint density at radius 1 is 1.04 bits per heavy atom. The maximum Gasteiger partial charge on any atom is 0.338 e. The molecule has 6 nitrogen and oxygen atoms in total. The normalized spacial score (nSPS) is 10.5. The average molecular weight is 395 g/mol. The molecule has 2 aromatic carbocycles. The van der Waals surface area contributed by atoms with Gasteiger partial charge in [0.25, 0.3) is 5.91 Å². The fraction of sp³-hybridized carbons (Fsp3) is 0.238. The van der Waals surface area contributed by atoms with Crippen LogP contribution >= 0.6 is 11.3 Å². The quantitative estimate of drug-likeness (QED) is 0.629. The van der Waals surface area contributed by atoms with Crippen LogP contribution in [-0.4, -0.2) is 22.1 Å². The number of carbonyl (C=O) groups excluding carboxylic acids is 2. The first kappa shape index (κ1) is 19.7. The zero-order valence-electron chi connectivity index (χ0n) is 16.0. The summed E-state index contributed by atoms with van der Waals surface area (Å²) in [6.45, 7) is 5.90. The first-order valence-electron chi connectivity index (χ1n) is 8.92. The molecule has 3 aromatic rings. The summed E-state index contributed by atoms with van der Waals surface area (Å²) in [5, 5.41) is 11.3. The minimum absolute atomic E-state index is 0.0258. The van der Waals surface area contributed by atoms with Crippen molar-refractivity contribution in [3.63, 3.8) is 0 Å². The van der Waals surface area contributed by atoms with Crippen LogP contribution in [-0.2, 0) is 17.8 Å². The molecule has 0 unspecified atom stereocenters. The molecule has 0 fully saturated rings. The van der Waals surface area contributed by atoms with Gasteiger partial charge >= 0.3 is 5.97 Å². The van der Waals surface area contributed by atoms with Gasteiger partial charge in [-0.1, -0.05) is 47.6 Å². The molecule has 144 valence electrons. The van der Waals surface area contributed by atoms with Gasteiger partial charge in [-0.25, -0.2) is 4.79 Å². The summed E-state index contributed by atoms with van der Waals surface area (Å²) in [5.74, 6) is -0.766. The number of nitrogens with one attached hydrogen (secondary N) is 1. The standard InChI is InChI=1S/C21H21N3O3S/c1-4-15-5-7-17(8-6-15)22-19(25)20-24-23-18(28-20)12-27-21(26)16-10-13(2)9-14(3)11-16/h5-11H,4,12H2,1-3H3,(H,22,25). The smallest absolute Gasteiger partial charge is 0.338 e. The fourth-order valence-electron chi connectivity index (χ4n) is 2.72. The molecule has 1 aromatic heterocycles. The highest BCUT2D eigenvalue weighted by Gasteiger charge is 2.15. The second kappa shape index (κ2) is 8.75. The minimum Gasteiger partial charge on any atom is -0.455 e. The van der Waals surface area contributed by atoms with Crippen molar-refractivity contribution >= 4 is 28.9 Å².